The minimum Gasteiger partial charge on any atom is -0.493 e. The van der Waals surface area contributed by atoms with Crippen molar-refractivity contribution in [2.45, 2.75) is 32.3 Å². The Hall–Kier alpha value is -1.16. The molecule has 1 rings (SSSR count). The van der Waals surface area contributed by atoms with E-state index < -0.39 is 11.6 Å². The second-order valence-electron chi connectivity index (χ2n) is 3.66. The van der Waals surface area contributed by atoms with E-state index >= 15 is 0 Å². The highest BCUT2D eigenvalue weighted by molar-refractivity contribution is 5.23. The summed E-state index contributed by atoms with van der Waals surface area (Å²) < 4.78 is 30.7. The lowest BCUT2D eigenvalue weighted by Gasteiger charge is -2.09. The summed E-state index contributed by atoms with van der Waals surface area (Å²) in [4.78, 5) is 0. The topological polar surface area (TPSA) is 29.5 Å². The summed E-state index contributed by atoms with van der Waals surface area (Å²) >= 11 is 0. The van der Waals surface area contributed by atoms with Gasteiger partial charge in [-0.15, -0.1) is 0 Å². The average molecular weight is 230 g/mol. The van der Waals surface area contributed by atoms with Gasteiger partial charge >= 0.3 is 0 Å². The van der Waals surface area contributed by atoms with E-state index in [1.807, 2.05) is 6.92 Å². The van der Waals surface area contributed by atoms with Gasteiger partial charge in [0.2, 0.25) is 0 Å². The minimum absolute atomic E-state index is 0.184. The maximum atomic E-state index is 12.8. The maximum Gasteiger partial charge on any atom is 0.129 e. The van der Waals surface area contributed by atoms with Crippen LogP contribution in [-0.2, 0) is 0 Å². The molecule has 1 aromatic carbocycles. The van der Waals surface area contributed by atoms with E-state index in [-0.39, 0.29) is 11.9 Å². The third-order valence-corrected chi connectivity index (χ3v) is 2.26. The van der Waals surface area contributed by atoms with Crippen molar-refractivity contribution in [1.29, 1.82) is 0 Å². The molecule has 4 heteroatoms. The number of aliphatic hydroxyl groups excluding tert-OH is 1. The Balaban J connectivity index is 2.32. The molecular weight excluding hydrogens is 214 g/mol. The first-order valence-electron chi connectivity index (χ1n) is 5.38. The fourth-order valence-corrected chi connectivity index (χ4v) is 1.32. The lowest BCUT2D eigenvalue weighted by atomic mass is 10.1. The van der Waals surface area contributed by atoms with Crippen molar-refractivity contribution in [3.8, 4) is 5.75 Å². The third-order valence-electron chi connectivity index (χ3n) is 2.26. The summed E-state index contributed by atoms with van der Waals surface area (Å²) in [6.45, 7) is 2.24. The van der Waals surface area contributed by atoms with Crippen LogP contribution in [0.15, 0.2) is 18.2 Å². The fraction of sp³-hybridized carbons (Fsp3) is 0.500. The van der Waals surface area contributed by atoms with E-state index in [0.29, 0.717) is 25.9 Å². The zero-order chi connectivity index (χ0) is 12.0. The van der Waals surface area contributed by atoms with Gasteiger partial charge in [-0.25, -0.2) is 8.78 Å². The first-order chi connectivity index (χ1) is 7.61. The van der Waals surface area contributed by atoms with Gasteiger partial charge in [-0.3, -0.25) is 0 Å². The molecule has 0 bridgehead atoms. The van der Waals surface area contributed by atoms with E-state index in [9.17, 15) is 13.9 Å². The van der Waals surface area contributed by atoms with Gasteiger partial charge in [0.15, 0.2) is 0 Å². The average Bonchev–Trinajstić information content (AvgIpc) is 2.22. The zero-order valence-electron chi connectivity index (χ0n) is 9.25. The first-order valence-corrected chi connectivity index (χ1v) is 5.38. The smallest absolute Gasteiger partial charge is 0.129 e. The SMILES string of the molecule is CCC(O)CCCOc1cc(F)cc(F)c1. The molecule has 0 aliphatic heterocycles. The quantitative estimate of drug-likeness (QED) is 0.761. The highest BCUT2D eigenvalue weighted by atomic mass is 19.1. The molecule has 1 atom stereocenters. The predicted molar refractivity (Wildman–Crippen MR) is 57.4 cm³/mol. The largest absolute Gasteiger partial charge is 0.493 e. The van der Waals surface area contributed by atoms with Gasteiger partial charge in [0.05, 0.1) is 12.7 Å². The van der Waals surface area contributed by atoms with E-state index in [2.05, 4.69) is 0 Å². The Morgan fingerprint density at radius 2 is 1.88 bits per heavy atom. The molecule has 1 aromatic rings. The monoisotopic (exact) mass is 230 g/mol. The molecule has 2 nitrogen and oxygen atoms in total. The highest BCUT2D eigenvalue weighted by Gasteiger charge is 2.03. The van der Waals surface area contributed by atoms with Crippen LogP contribution in [0.2, 0.25) is 0 Å². The molecule has 0 amide bonds. The Bertz CT molecular complexity index is 309. The summed E-state index contributed by atoms with van der Waals surface area (Å²) in [5.41, 5.74) is 0. The Morgan fingerprint density at radius 1 is 1.25 bits per heavy atom. The Labute approximate surface area is 93.9 Å². The van der Waals surface area contributed by atoms with Crippen LogP contribution in [0, 0.1) is 11.6 Å². The number of benzene rings is 1. The first kappa shape index (κ1) is 12.9. The van der Waals surface area contributed by atoms with Crippen LogP contribution >= 0.6 is 0 Å². The van der Waals surface area contributed by atoms with Crippen LogP contribution in [-0.4, -0.2) is 17.8 Å². The summed E-state index contributed by atoms with van der Waals surface area (Å²) in [5.74, 6) is -1.12. The molecule has 0 saturated carbocycles. The molecule has 0 radical (unpaired) electrons. The van der Waals surface area contributed by atoms with E-state index in [0.717, 1.165) is 18.2 Å². The van der Waals surface area contributed by atoms with Crippen LogP contribution in [0.4, 0.5) is 8.78 Å². The molecule has 0 aliphatic rings. The lowest BCUT2D eigenvalue weighted by molar-refractivity contribution is 0.148. The van der Waals surface area contributed by atoms with Crippen LogP contribution in [0.1, 0.15) is 26.2 Å². The third kappa shape index (κ3) is 4.57. The van der Waals surface area contributed by atoms with Crippen LogP contribution in [0.5, 0.6) is 5.75 Å². The van der Waals surface area contributed by atoms with Crippen molar-refractivity contribution in [2.24, 2.45) is 0 Å². The molecule has 0 saturated heterocycles. The molecular formula is C12H16F2O2. The second kappa shape index (κ2) is 6.43. The van der Waals surface area contributed by atoms with Crippen molar-refractivity contribution in [3.63, 3.8) is 0 Å². The summed E-state index contributed by atoms with van der Waals surface area (Å²) in [7, 11) is 0. The Kier molecular flexibility index (Phi) is 5.19. The standard InChI is InChI=1S/C12H16F2O2/c1-2-11(15)4-3-5-16-12-7-9(13)6-10(14)8-12/h6-8,11,15H,2-5H2,1H3. The number of rotatable bonds is 6. The number of ether oxygens (including phenoxy) is 1. The predicted octanol–water partition coefficient (Wildman–Crippen LogP) is 2.89. The van der Waals surface area contributed by atoms with Gasteiger partial charge in [0.25, 0.3) is 0 Å². The Morgan fingerprint density at radius 3 is 2.44 bits per heavy atom. The minimum atomic E-state index is -0.649. The van der Waals surface area contributed by atoms with Gasteiger partial charge in [0.1, 0.15) is 17.4 Å². The van der Waals surface area contributed by atoms with Crippen molar-refractivity contribution < 1.29 is 18.6 Å². The molecule has 16 heavy (non-hydrogen) atoms. The molecule has 90 valence electrons. The van der Waals surface area contributed by atoms with Crippen LogP contribution in [0.3, 0.4) is 0 Å². The molecule has 0 aromatic heterocycles. The van der Waals surface area contributed by atoms with Crippen molar-refractivity contribution in [3.05, 3.63) is 29.8 Å². The van der Waals surface area contributed by atoms with Gasteiger partial charge < -0.3 is 9.84 Å². The maximum absolute atomic E-state index is 12.8. The van der Waals surface area contributed by atoms with E-state index in [1.165, 1.54) is 0 Å². The highest BCUT2D eigenvalue weighted by Crippen LogP contribution is 2.15. The zero-order valence-corrected chi connectivity index (χ0v) is 9.25. The van der Waals surface area contributed by atoms with Gasteiger partial charge in [-0.05, 0) is 19.3 Å². The molecule has 1 N–H and O–H groups in total. The van der Waals surface area contributed by atoms with Crippen molar-refractivity contribution in [2.75, 3.05) is 6.61 Å². The normalized spacial score (nSPS) is 12.5. The van der Waals surface area contributed by atoms with Crippen LogP contribution in [0.25, 0.3) is 0 Å². The fourth-order valence-electron chi connectivity index (χ4n) is 1.32. The van der Waals surface area contributed by atoms with E-state index in [4.69, 9.17) is 4.74 Å². The summed E-state index contributed by atoms with van der Waals surface area (Å²) in [5, 5.41) is 9.27. The molecule has 0 heterocycles. The van der Waals surface area contributed by atoms with Gasteiger partial charge in [0, 0.05) is 18.2 Å². The van der Waals surface area contributed by atoms with Crippen molar-refractivity contribution in [1.82, 2.24) is 0 Å². The van der Waals surface area contributed by atoms with E-state index in [1.54, 1.807) is 0 Å². The summed E-state index contributed by atoms with van der Waals surface area (Å²) in [6, 6.07) is 3.08. The number of halogens is 2. The number of aliphatic hydroxyl groups is 1. The van der Waals surface area contributed by atoms with Gasteiger partial charge in [-0.1, -0.05) is 6.92 Å². The number of hydrogen-bond donors (Lipinski definition) is 1. The molecule has 0 fully saturated rings. The van der Waals surface area contributed by atoms with Crippen LogP contribution < -0.4 is 4.74 Å². The molecule has 1 unspecified atom stereocenters. The lowest BCUT2D eigenvalue weighted by Crippen LogP contribution is -2.07. The second-order valence-corrected chi connectivity index (χ2v) is 3.66. The number of hydrogen-bond acceptors (Lipinski definition) is 2. The summed E-state index contributed by atoms with van der Waals surface area (Å²) in [6.07, 6.45) is 1.67. The van der Waals surface area contributed by atoms with Gasteiger partial charge in [-0.2, -0.15) is 0 Å². The molecule has 0 spiro atoms. The molecule has 0 aliphatic carbocycles. The van der Waals surface area contributed by atoms with Crippen molar-refractivity contribution >= 4 is 0 Å².